The first-order valence-corrected chi connectivity index (χ1v) is 11.3. The molecule has 1 aromatic rings. The van der Waals surface area contributed by atoms with Crippen molar-refractivity contribution in [3.05, 3.63) is 46.7 Å². The zero-order chi connectivity index (χ0) is 19.7. The fraction of sp³-hybridized carbons (Fsp3) is 0.680. The highest BCUT2D eigenvalue weighted by atomic mass is 19.2. The van der Waals surface area contributed by atoms with Crippen LogP contribution in [-0.2, 0) is 4.74 Å². The molecule has 1 atom stereocenters. The smallest absolute Gasteiger partial charge is 0.162 e. The Bertz CT molecular complexity index is 710. The molecule has 3 heteroatoms. The highest BCUT2D eigenvalue weighted by molar-refractivity contribution is 5.28. The van der Waals surface area contributed by atoms with Gasteiger partial charge in [-0.15, -0.1) is 0 Å². The lowest BCUT2D eigenvalue weighted by Gasteiger charge is -2.40. The van der Waals surface area contributed by atoms with Gasteiger partial charge in [-0.3, -0.25) is 0 Å². The molecule has 0 amide bonds. The van der Waals surface area contributed by atoms with Crippen molar-refractivity contribution in [2.75, 3.05) is 6.61 Å². The molecule has 0 aromatic heterocycles. The van der Waals surface area contributed by atoms with Crippen LogP contribution in [0.2, 0.25) is 0 Å². The average molecular weight is 389 g/mol. The molecule has 1 unspecified atom stereocenters. The van der Waals surface area contributed by atoms with Crippen LogP contribution in [-0.4, -0.2) is 6.61 Å². The predicted octanol–water partition coefficient (Wildman–Crippen LogP) is 7.29. The van der Waals surface area contributed by atoms with E-state index in [1.807, 2.05) is 6.07 Å². The highest BCUT2D eigenvalue weighted by Crippen LogP contribution is 2.46. The summed E-state index contributed by atoms with van der Waals surface area (Å²) in [6.45, 7) is 4.59. The van der Waals surface area contributed by atoms with Crippen LogP contribution in [0.25, 0.3) is 0 Å². The molecule has 28 heavy (non-hydrogen) atoms. The molecule has 3 aliphatic rings. The van der Waals surface area contributed by atoms with E-state index in [2.05, 4.69) is 13.0 Å². The average Bonchev–Trinajstić information content (AvgIpc) is 2.73. The number of aryl methyl sites for hydroxylation is 1. The third-order valence-electron chi connectivity index (χ3n) is 7.90. The maximum Gasteiger partial charge on any atom is 0.162 e. The first kappa shape index (κ1) is 19.9. The minimum Gasteiger partial charge on any atom is -0.498 e. The second kappa shape index (κ2) is 8.55. The van der Waals surface area contributed by atoms with Crippen molar-refractivity contribution >= 4 is 0 Å². The Hall–Kier alpha value is -1.38. The molecular weight excluding hydrogens is 354 g/mol. The summed E-state index contributed by atoms with van der Waals surface area (Å²) in [5, 5.41) is 0. The number of ether oxygens (including phenoxy) is 1. The standard InChI is InChI=1S/C25H34F2O/c1-16-3-14-23(25(27)24(16)26)21-12-10-19(11-13-21)18-6-8-20(9-7-18)22-5-4-17(2)28-15-22/h3-4,14,18-22H,5-13,15H2,1-2H3. The second-order valence-electron chi connectivity index (χ2n) is 9.51. The van der Waals surface area contributed by atoms with Crippen LogP contribution in [0.15, 0.2) is 24.0 Å². The molecule has 0 N–H and O–H groups in total. The molecular formula is C25H34F2O. The zero-order valence-electron chi connectivity index (χ0n) is 17.4. The fourth-order valence-corrected chi connectivity index (χ4v) is 5.98. The number of benzene rings is 1. The van der Waals surface area contributed by atoms with Crippen molar-refractivity contribution < 1.29 is 13.5 Å². The van der Waals surface area contributed by atoms with Crippen molar-refractivity contribution in [1.82, 2.24) is 0 Å². The summed E-state index contributed by atoms with van der Waals surface area (Å²) in [4.78, 5) is 0. The Morgan fingerprint density at radius 1 is 0.750 bits per heavy atom. The molecule has 154 valence electrons. The van der Waals surface area contributed by atoms with Gasteiger partial charge < -0.3 is 4.74 Å². The molecule has 1 heterocycles. The van der Waals surface area contributed by atoms with Crippen LogP contribution in [0, 0.1) is 42.2 Å². The molecule has 2 saturated carbocycles. The largest absolute Gasteiger partial charge is 0.498 e. The predicted molar refractivity (Wildman–Crippen MR) is 109 cm³/mol. The molecule has 0 bridgehead atoms. The van der Waals surface area contributed by atoms with E-state index >= 15 is 0 Å². The van der Waals surface area contributed by atoms with E-state index in [1.165, 1.54) is 44.9 Å². The maximum atomic E-state index is 14.4. The van der Waals surface area contributed by atoms with Crippen molar-refractivity contribution in [3.8, 4) is 0 Å². The van der Waals surface area contributed by atoms with Crippen molar-refractivity contribution in [3.63, 3.8) is 0 Å². The van der Waals surface area contributed by atoms with Gasteiger partial charge in [-0.05, 0) is 118 Å². The van der Waals surface area contributed by atoms with E-state index in [1.54, 1.807) is 13.0 Å². The third kappa shape index (κ3) is 4.14. The van der Waals surface area contributed by atoms with Crippen LogP contribution in [0.1, 0.15) is 81.8 Å². The summed E-state index contributed by atoms with van der Waals surface area (Å²) >= 11 is 0. The molecule has 0 radical (unpaired) electrons. The summed E-state index contributed by atoms with van der Waals surface area (Å²) < 4.78 is 34.1. The van der Waals surface area contributed by atoms with Gasteiger partial charge in [-0.25, -0.2) is 8.78 Å². The number of hydrogen-bond donors (Lipinski definition) is 0. The molecule has 2 fully saturated rings. The van der Waals surface area contributed by atoms with E-state index in [-0.39, 0.29) is 5.92 Å². The summed E-state index contributed by atoms with van der Waals surface area (Å²) in [7, 11) is 0. The molecule has 4 rings (SSSR count). The lowest BCUT2D eigenvalue weighted by molar-refractivity contribution is 0.0754. The van der Waals surface area contributed by atoms with Crippen molar-refractivity contribution in [2.45, 2.75) is 77.6 Å². The summed E-state index contributed by atoms with van der Waals surface area (Å²) in [5.41, 5.74) is 1.01. The van der Waals surface area contributed by atoms with E-state index in [0.717, 1.165) is 43.0 Å². The van der Waals surface area contributed by atoms with E-state index in [9.17, 15) is 8.78 Å². The SMILES string of the molecule is CC1=CCC(C2CCC(C3CCC(c4ccc(C)c(F)c4F)CC3)CC2)CO1. The molecule has 0 saturated heterocycles. The van der Waals surface area contributed by atoms with Gasteiger partial charge >= 0.3 is 0 Å². The van der Waals surface area contributed by atoms with Crippen LogP contribution >= 0.6 is 0 Å². The van der Waals surface area contributed by atoms with Gasteiger partial charge in [0.25, 0.3) is 0 Å². The number of allylic oxidation sites excluding steroid dienone is 2. The van der Waals surface area contributed by atoms with Crippen LogP contribution in [0.4, 0.5) is 8.78 Å². The van der Waals surface area contributed by atoms with Gasteiger partial charge in [0.15, 0.2) is 11.6 Å². The van der Waals surface area contributed by atoms with Gasteiger partial charge in [0.1, 0.15) is 0 Å². The third-order valence-corrected chi connectivity index (χ3v) is 7.90. The molecule has 0 spiro atoms. The van der Waals surface area contributed by atoms with Crippen molar-refractivity contribution in [1.29, 1.82) is 0 Å². The Labute approximate surface area is 168 Å². The van der Waals surface area contributed by atoms with Gasteiger partial charge in [0, 0.05) is 0 Å². The van der Waals surface area contributed by atoms with E-state index in [4.69, 9.17) is 4.74 Å². The fourth-order valence-electron chi connectivity index (χ4n) is 5.98. The maximum absolute atomic E-state index is 14.4. The summed E-state index contributed by atoms with van der Waals surface area (Å²) in [6, 6.07) is 3.54. The molecule has 1 nitrogen and oxygen atoms in total. The highest BCUT2D eigenvalue weighted by Gasteiger charge is 2.34. The Morgan fingerprint density at radius 3 is 1.89 bits per heavy atom. The quantitative estimate of drug-likeness (QED) is 0.528. The Morgan fingerprint density at radius 2 is 1.32 bits per heavy atom. The number of hydrogen-bond acceptors (Lipinski definition) is 1. The minimum atomic E-state index is -0.658. The monoisotopic (exact) mass is 388 g/mol. The Balaban J connectivity index is 1.28. The van der Waals surface area contributed by atoms with Gasteiger partial charge in [0.2, 0.25) is 0 Å². The van der Waals surface area contributed by atoms with Gasteiger partial charge in [-0.2, -0.15) is 0 Å². The first-order valence-electron chi connectivity index (χ1n) is 11.3. The minimum absolute atomic E-state index is 0.192. The first-order chi connectivity index (χ1) is 13.5. The molecule has 2 aliphatic carbocycles. The van der Waals surface area contributed by atoms with Crippen LogP contribution in [0.5, 0.6) is 0 Å². The Kier molecular flexibility index (Phi) is 6.08. The lowest BCUT2D eigenvalue weighted by atomic mass is 9.66. The molecule has 1 aromatic carbocycles. The lowest BCUT2D eigenvalue weighted by Crippen LogP contribution is -2.30. The normalized spacial score (nSPS) is 33.9. The number of halogens is 2. The topological polar surface area (TPSA) is 9.23 Å². The molecule has 1 aliphatic heterocycles. The zero-order valence-corrected chi connectivity index (χ0v) is 17.4. The summed E-state index contributed by atoms with van der Waals surface area (Å²) in [6.07, 6.45) is 13.1. The van der Waals surface area contributed by atoms with E-state index in [0.29, 0.717) is 17.0 Å². The second-order valence-corrected chi connectivity index (χ2v) is 9.51. The van der Waals surface area contributed by atoms with Gasteiger partial charge in [0.05, 0.1) is 12.4 Å². The van der Waals surface area contributed by atoms with Gasteiger partial charge in [-0.1, -0.05) is 12.1 Å². The number of rotatable bonds is 3. The van der Waals surface area contributed by atoms with E-state index < -0.39 is 11.6 Å². The van der Waals surface area contributed by atoms with Crippen LogP contribution < -0.4 is 0 Å². The van der Waals surface area contributed by atoms with Crippen LogP contribution in [0.3, 0.4) is 0 Å². The summed E-state index contributed by atoms with van der Waals surface area (Å²) in [5.74, 6) is 3.15. The van der Waals surface area contributed by atoms with Crippen molar-refractivity contribution in [2.24, 2.45) is 23.7 Å².